The molecular weight excluding hydrogens is 386 g/mol. The summed E-state index contributed by atoms with van der Waals surface area (Å²) in [6, 6.07) is 11.4. The zero-order valence-corrected chi connectivity index (χ0v) is 17.9. The Hall–Kier alpha value is -2.93. The molecule has 3 rings (SSSR count). The summed E-state index contributed by atoms with van der Waals surface area (Å²) in [6.07, 6.45) is 1.49. The van der Waals surface area contributed by atoms with Gasteiger partial charge in [0.15, 0.2) is 11.5 Å². The van der Waals surface area contributed by atoms with Gasteiger partial charge in [0.1, 0.15) is 5.75 Å². The maximum atomic E-state index is 11.7. The molecule has 0 amide bonds. The third-order valence-corrected chi connectivity index (χ3v) is 5.61. The highest BCUT2D eigenvalue weighted by molar-refractivity contribution is 5.70. The zero-order chi connectivity index (χ0) is 21.7. The molecule has 1 heterocycles. The van der Waals surface area contributed by atoms with Gasteiger partial charge in [0, 0.05) is 12.1 Å². The molecule has 7 heteroatoms. The van der Waals surface area contributed by atoms with Crippen LogP contribution in [-0.2, 0) is 4.79 Å². The van der Waals surface area contributed by atoms with Crippen LogP contribution in [0.25, 0.3) is 0 Å². The van der Waals surface area contributed by atoms with Gasteiger partial charge >= 0.3 is 5.97 Å². The largest absolute Gasteiger partial charge is 0.497 e. The number of methoxy groups -OCH3 is 4. The van der Waals surface area contributed by atoms with Crippen LogP contribution in [0.15, 0.2) is 36.4 Å². The highest BCUT2D eigenvalue weighted by Gasteiger charge is 2.34. The van der Waals surface area contributed by atoms with Crippen LogP contribution in [0.2, 0.25) is 0 Å². The summed E-state index contributed by atoms with van der Waals surface area (Å²) < 4.78 is 22.2. The first-order valence-electron chi connectivity index (χ1n) is 9.93. The molecule has 1 aliphatic heterocycles. The molecule has 1 fully saturated rings. The topological polar surface area (TPSA) is 77.5 Å². The number of hydrogen-bond donors (Lipinski definition) is 1. The van der Waals surface area contributed by atoms with Crippen LogP contribution >= 0.6 is 0 Å². The Bertz CT molecular complexity index is 884. The molecular formula is C23H29NO6. The number of carbonyl (C=O) groups is 1. The van der Waals surface area contributed by atoms with Gasteiger partial charge in [-0.15, -0.1) is 0 Å². The molecule has 1 N–H and O–H groups in total. The predicted molar refractivity (Wildman–Crippen MR) is 113 cm³/mol. The Morgan fingerprint density at radius 3 is 2.43 bits per heavy atom. The van der Waals surface area contributed by atoms with E-state index in [1.807, 2.05) is 36.4 Å². The molecule has 30 heavy (non-hydrogen) atoms. The van der Waals surface area contributed by atoms with E-state index in [2.05, 4.69) is 4.90 Å². The number of benzene rings is 2. The first kappa shape index (κ1) is 21.8. The summed E-state index contributed by atoms with van der Waals surface area (Å²) >= 11 is 0. The molecule has 162 valence electrons. The van der Waals surface area contributed by atoms with Crippen molar-refractivity contribution >= 4 is 5.97 Å². The van der Waals surface area contributed by atoms with Gasteiger partial charge < -0.3 is 24.1 Å². The fraction of sp³-hybridized carbons (Fsp3) is 0.435. The number of carboxylic acid groups (broad SMARTS) is 1. The Morgan fingerprint density at radius 2 is 1.80 bits per heavy atom. The number of piperidine rings is 1. The van der Waals surface area contributed by atoms with Crippen molar-refractivity contribution in [1.29, 1.82) is 0 Å². The van der Waals surface area contributed by atoms with Gasteiger partial charge in [-0.05, 0) is 49.2 Å². The van der Waals surface area contributed by atoms with E-state index in [0.717, 1.165) is 29.8 Å². The quantitative estimate of drug-likeness (QED) is 0.706. The molecule has 7 nitrogen and oxygen atoms in total. The van der Waals surface area contributed by atoms with E-state index in [4.69, 9.17) is 18.9 Å². The lowest BCUT2D eigenvalue weighted by molar-refractivity contribution is -0.143. The molecule has 1 aliphatic rings. The fourth-order valence-electron chi connectivity index (χ4n) is 4.18. The van der Waals surface area contributed by atoms with Crippen molar-refractivity contribution in [3.63, 3.8) is 0 Å². The monoisotopic (exact) mass is 415 g/mol. The second-order valence-corrected chi connectivity index (χ2v) is 7.28. The van der Waals surface area contributed by atoms with Crippen molar-refractivity contribution in [3.05, 3.63) is 47.5 Å². The molecule has 0 spiro atoms. The van der Waals surface area contributed by atoms with Gasteiger partial charge in [-0.2, -0.15) is 0 Å². The van der Waals surface area contributed by atoms with E-state index in [1.54, 1.807) is 28.4 Å². The van der Waals surface area contributed by atoms with Crippen molar-refractivity contribution in [2.75, 3.05) is 41.5 Å². The summed E-state index contributed by atoms with van der Waals surface area (Å²) in [5, 5.41) is 9.60. The SMILES string of the molecule is COc1cccc(C(c2ccc(OC)c(OC)c2OC)N2CCCC(C(=O)O)C2)c1. The first-order valence-corrected chi connectivity index (χ1v) is 9.93. The van der Waals surface area contributed by atoms with Gasteiger partial charge in [0.05, 0.1) is 40.4 Å². The number of likely N-dealkylation sites (tertiary alicyclic amines) is 1. The van der Waals surface area contributed by atoms with E-state index in [0.29, 0.717) is 30.2 Å². The maximum Gasteiger partial charge on any atom is 0.307 e. The normalized spacial score (nSPS) is 17.8. The summed E-state index contributed by atoms with van der Waals surface area (Å²) in [5.41, 5.74) is 1.88. The van der Waals surface area contributed by atoms with Crippen LogP contribution < -0.4 is 18.9 Å². The van der Waals surface area contributed by atoms with E-state index in [9.17, 15) is 9.90 Å². The minimum absolute atomic E-state index is 0.225. The zero-order valence-electron chi connectivity index (χ0n) is 17.9. The number of carboxylic acids is 1. The lowest BCUT2D eigenvalue weighted by atomic mass is 9.90. The molecule has 2 aromatic rings. The van der Waals surface area contributed by atoms with Gasteiger partial charge in [0.25, 0.3) is 0 Å². The third-order valence-electron chi connectivity index (χ3n) is 5.61. The lowest BCUT2D eigenvalue weighted by Crippen LogP contribution is -2.41. The summed E-state index contributed by atoms with van der Waals surface area (Å²) in [7, 11) is 6.39. The third kappa shape index (κ3) is 4.31. The van der Waals surface area contributed by atoms with Crippen molar-refractivity contribution in [2.45, 2.75) is 18.9 Å². The molecule has 0 aromatic heterocycles. The molecule has 1 saturated heterocycles. The standard InChI is InChI=1S/C23H29NO6/c1-27-17-9-5-7-15(13-17)20(24-12-6-8-16(14-24)23(25)26)18-10-11-19(28-2)22(30-4)21(18)29-3/h5,7,9-11,13,16,20H,6,8,12,14H2,1-4H3,(H,25,26). The van der Waals surface area contributed by atoms with Crippen LogP contribution in [0.3, 0.4) is 0 Å². The minimum Gasteiger partial charge on any atom is -0.497 e. The lowest BCUT2D eigenvalue weighted by Gasteiger charge is -2.38. The molecule has 0 saturated carbocycles. The van der Waals surface area contributed by atoms with Crippen LogP contribution in [0.4, 0.5) is 0 Å². The fourth-order valence-corrected chi connectivity index (χ4v) is 4.18. The smallest absolute Gasteiger partial charge is 0.307 e. The number of rotatable bonds is 8. The van der Waals surface area contributed by atoms with Gasteiger partial charge in [0.2, 0.25) is 5.75 Å². The summed E-state index contributed by atoms with van der Waals surface area (Å²) in [4.78, 5) is 13.9. The van der Waals surface area contributed by atoms with E-state index in [-0.39, 0.29) is 6.04 Å². The van der Waals surface area contributed by atoms with Gasteiger partial charge in [-0.25, -0.2) is 0 Å². The molecule has 0 radical (unpaired) electrons. The molecule has 0 bridgehead atoms. The van der Waals surface area contributed by atoms with E-state index < -0.39 is 11.9 Å². The van der Waals surface area contributed by atoms with Crippen LogP contribution in [-0.4, -0.2) is 57.5 Å². The average Bonchev–Trinajstić information content (AvgIpc) is 2.79. The van der Waals surface area contributed by atoms with Crippen LogP contribution in [0.5, 0.6) is 23.0 Å². The van der Waals surface area contributed by atoms with Gasteiger partial charge in [-0.3, -0.25) is 9.69 Å². The Kier molecular flexibility index (Phi) is 7.05. The number of ether oxygens (including phenoxy) is 4. The predicted octanol–water partition coefficient (Wildman–Crippen LogP) is 3.61. The van der Waals surface area contributed by atoms with Crippen LogP contribution in [0.1, 0.15) is 30.0 Å². The van der Waals surface area contributed by atoms with E-state index in [1.165, 1.54) is 0 Å². The van der Waals surface area contributed by atoms with Crippen molar-refractivity contribution in [1.82, 2.24) is 4.90 Å². The average molecular weight is 415 g/mol. The molecule has 0 aliphatic carbocycles. The summed E-state index contributed by atoms with van der Waals surface area (Å²) in [6.45, 7) is 1.23. The Labute approximate surface area is 177 Å². The maximum absolute atomic E-state index is 11.7. The van der Waals surface area contributed by atoms with Crippen LogP contribution in [0, 0.1) is 5.92 Å². The Morgan fingerprint density at radius 1 is 1.03 bits per heavy atom. The number of hydrogen-bond acceptors (Lipinski definition) is 6. The van der Waals surface area contributed by atoms with Crippen molar-refractivity contribution in [2.24, 2.45) is 5.92 Å². The highest BCUT2D eigenvalue weighted by atomic mass is 16.5. The van der Waals surface area contributed by atoms with Crippen molar-refractivity contribution in [3.8, 4) is 23.0 Å². The molecule has 2 unspecified atom stereocenters. The molecule has 2 aromatic carbocycles. The van der Waals surface area contributed by atoms with Gasteiger partial charge in [-0.1, -0.05) is 12.1 Å². The Balaban J connectivity index is 2.16. The highest BCUT2D eigenvalue weighted by Crippen LogP contribution is 2.46. The summed E-state index contributed by atoms with van der Waals surface area (Å²) in [5.74, 6) is 1.23. The minimum atomic E-state index is -0.761. The second-order valence-electron chi connectivity index (χ2n) is 7.28. The molecule has 2 atom stereocenters. The number of aliphatic carboxylic acids is 1. The van der Waals surface area contributed by atoms with E-state index >= 15 is 0 Å². The first-order chi connectivity index (χ1) is 14.5. The number of nitrogens with zero attached hydrogens (tertiary/aromatic N) is 1. The second kappa shape index (κ2) is 9.71. The van der Waals surface area contributed by atoms with Crippen molar-refractivity contribution < 1.29 is 28.8 Å².